The molecule has 0 aliphatic carbocycles. The van der Waals surface area contributed by atoms with Gasteiger partial charge < -0.3 is 9.47 Å². The average molecular weight is 229 g/mol. The molecule has 0 aromatic rings. The molecule has 0 aromatic heterocycles. The van der Waals surface area contributed by atoms with E-state index in [4.69, 9.17) is 9.47 Å². The van der Waals surface area contributed by atoms with Crippen LogP contribution in [0.25, 0.3) is 0 Å². The zero-order valence-corrected chi connectivity index (χ0v) is 10.9. The summed E-state index contributed by atoms with van der Waals surface area (Å²) in [7, 11) is 1.44. The van der Waals surface area contributed by atoms with Crippen LogP contribution in [0.15, 0.2) is 0 Å². The molecule has 4 heteroatoms. The van der Waals surface area contributed by atoms with E-state index in [2.05, 4.69) is 25.7 Å². The molecule has 2 atom stereocenters. The number of carbonyl (C=O) groups is 1. The highest BCUT2D eigenvalue weighted by Gasteiger charge is 2.33. The third-order valence-corrected chi connectivity index (χ3v) is 3.33. The standard InChI is InChI=1S/C12H23NO3/c1-9(11(14)15-5)10(2)13-6-7-16-12(3,4)8-13/h9-10H,6-8H2,1-5H3. The fraction of sp³-hybridized carbons (Fsp3) is 0.917. The van der Waals surface area contributed by atoms with Crippen molar-refractivity contribution in [1.82, 2.24) is 4.90 Å². The fourth-order valence-electron chi connectivity index (χ4n) is 2.10. The Bertz CT molecular complexity index is 253. The van der Waals surface area contributed by atoms with E-state index < -0.39 is 0 Å². The van der Waals surface area contributed by atoms with E-state index in [1.165, 1.54) is 7.11 Å². The summed E-state index contributed by atoms with van der Waals surface area (Å²) < 4.78 is 10.4. The third kappa shape index (κ3) is 3.19. The van der Waals surface area contributed by atoms with Gasteiger partial charge in [0.2, 0.25) is 0 Å². The second kappa shape index (κ2) is 5.15. The van der Waals surface area contributed by atoms with Crippen molar-refractivity contribution >= 4 is 5.97 Å². The van der Waals surface area contributed by atoms with E-state index in [1.807, 2.05) is 6.92 Å². The Hall–Kier alpha value is -0.610. The minimum atomic E-state index is -0.142. The van der Waals surface area contributed by atoms with Crippen LogP contribution in [0.1, 0.15) is 27.7 Å². The summed E-state index contributed by atoms with van der Waals surface area (Å²) in [5, 5.41) is 0. The highest BCUT2D eigenvalue weighted by molar-refractivity contribution is 5.72. The van der Waals surface area contributed by atoms with Crippen LogP contribution in [-0.4, -0.2) is 49.3 Å². The Morgan fingerprint density at radius 1 is 1.44 bits per heavy atom. The first-order valence-corrected chi connectivity index (χ1v) is 5.83. The Morgan fingerprint density at radius 2 is 2.06 bits per heavy atom. The van der Waals surface area contributed by atoms with E-state index in [0.717, 1.165) is 19.7 Å². The fourth-order valence-corrected chi connectivity index (χ4v) is 2.10. The van der Waals surface area contributed by atoms with Gasteiger partial charge in [0.25, 0.3) is 0 Å². The summed E-state index contributed by atoms with van der Waals surface area (Å²) in [6.45, 7) is 10.6. The van der Waals surface area contributed by atoms with Crippen molar-refractivity contribution in [3.63, 3.8) is 0 Å². The molecule has 0 N–H and O–H groups in total. The lowest BCUT2D eigenvalue weighted by Gasteiger charge is -2.42. The van der Waals surface area contributed by atoms with Crippen molar-refractivity contribution in [1.29, 1.82) is 0 Å². The number of morpholine rings is 1. The normalized spacial score (nSPS) is 24.8. The first-order chi connectivity index (χ1) is 7.37. The number of hydrogen-bond donors (Lipinski definition) is 0. The molecule has 94 valence electrons. The Kier molecular flexibility index (Phi) is 4.33. The molecule has 2 unspecified atom stereocenters. The van der Waals surface area contributed by atoms with Gasteiger partial charge in [-0.3, -0.25) is 9.69 Å². The van der Waals surface area contributed by atoms with Crippen LogP contribution < -0.4 is 0 Å². The molecule has 0 spiro atoms. The predicted molar refractivity (Wildman–Crippen MR) is 62.2 cm³/mol. The largest absolute Gasteiger partial charge is 0.469 e. The van der Waals surface area contributed by atoms with Crippen molar-refractivity contribution in [2.24, 2.45) is 5.92 Å². The molecule has 1 fully saturated rings. The zero-order valence-electron chi connectivity index (χ0n) is 10.9. The predicted octanol–water partition coefficient (Wildman–Crippen LogP) is 1.29. The molecule has 0 saturated carbocycles. The van der Waals surface area contributed by atoms with Crippen LogP contribution in [0.3, 0.4) is 0 Å². The topological polar surface area (TPSA) is 38.8 Å². The SMILES string of the molecule is COC(=O)C(C)C(C)N1CCOC(C)(C)C1. The second-order valence-electron chi connectivity index (χ2n) is 5.13. The molecule has 16 heavy (non-hydrogen) atoms. The maximum Gasteiger partial charge on any atom is 0.309 e. The van der Waals surface area contributed by atoms with Crippen LogP contribution in [0.4, 0.5) is 0 Å². The lowest BCUT2D eigenvalue weighted by atomic mass is 9.99. The minimum absolute atomic E-state index is 0.0982. The Labute approximate surface area is 97.9 Å². The lowest BCUT2D eigenvalue weighted by Crippen LogP contribution is -2.53. The average Bonchev–Trinajstić information content (AvgIpc) is 2.24. The van der Waals surface area contributed by atoms with E-state index >= 15 is 0 Å². The van der Waals surface area contributed by atoms with Gasteiger partial charge in [-0.2, -0.15) is 0 Å². The molecule has 0 aromatic carbocycles. The van der Waals surface area contributed by atoms with Crippen molar-refractivity contribution < 1.29 is 14.3 Å². The van der Waals surface area contributed by atoms with E-state index in [9.17, 15) is 4.79 Å². The number of nitrogens with zero attached hydrogens (tertiary/aromatic N) is 1. The Morgan fingerprint density at radius 3 is 2.56 bits per heavy atom. The van der Waals surface area contributed by atoms with Crippen LogP contribution in [0, 0.1) is 5.92 Å². The van der Waals surface area contributed by atoms with Gasteiger partial charge in [0.05, 0.1) is 25.2 Å². The molecule has 1 aliphatic heterocycles. The van der Waals surface area contributed by atoms with Crippen molar-refractivity contribution in [2.75, 3.05) is 26.8 Å². The molecule has 0 radical (unpaired) electrons. The summed E-state index contributed by atoms with van der Waals surface area (Å²) in [6.07, 6.45) is 0. The first-order valence-electron chi connectivity index (χ1n) is 5.83. The summed E-state index contributed by atoms with van der Waals surface area (Å²) in [4.78, 5) is 13.8. The van der Waals surface area contributed by atoms with E-state index in [0.29, 0.717) is 0 Å². The van der Waals surface area contributed by atoms with Crippen molar-refractivity contribution in [3.05, 3.63) is 0 Å². The summed E-state index contributed by atoms with van der Waals surface area (Å²) in [6, 6.07) is 0.190. The molecule has 0 bridgehead atoms. The number of rotatable bonds is 3. The third-order valence-electron chi connectivity index (χ3n) is 3.33. The van der Waals surface area contributed by atoms with Gasteiger partial charge in [-0.05, 0) is 20.8 Å². The molecule has 1 aliphatic rings. The molecule has 1 saturated heterocycles. The lowest BCUT2D eigenvalue weighted by molar-refractivity contribution is -0.150. The van der Waals surface area contributed by atoms with Gasteiger partial charge >= 0.3 is 5.97 Å². The van der Waals surface area contributed by atoms with Gasteiger partial charge in [-0.1, -0.05) is 6.92 Å². The van der Waals surface area contributed by atoms with Crippen molar-refractivity contribution in [2.45, 2.75) is 39.3 Å². The van der Waals surface area contributed by atoms with Crippen LogP contribution in [0.5, 0.6) is 0 Å². The zero-order chi connectivity index (χ0) is 12.3. The highest BCUT2D eigenvalue weighted by Crippen LogP contribution is 2.21. The highest BCUT2D eigenvalue weighted by atomic mass is 16.5. The van der Waals surface area contributed by atoms with Crippen molar-refractivity contribution in [3.8, 4) is 0 Å². The maximum atomic E-state index is 11.5. The number of esters is 1. The summed E-state index contributed by atoms with van der Waals surface area (Å²) in [5.41, 5.74) is -0.123. The van der Waals surface area contributed by atoms with Gasteiger partial charge in [-0.15, -0.1) is 0 Å². The maximum absolute atomic E-state index is 11.5. The second-order valence-corrected chi connectivity index (χ2v) is 5.13. The number of hydrogen-bond acceptors (Lipinski definition) is 4. The Balaban J connectivity index is 2.59. The van der Waals surface area contributed by atoms with Crippen LogP contribution >= 0.6 is 0 Å². The minimum Gasteiger partial charge on any atom is -0.469 e. The molecular formula is C12H23NO3. The molecule has 1 heterocycles. The molecule has 1 rings (SSSR count). The van der Waals surface area contributed by atoms with Gasteiger partial charge in [0.1, 0.15) is 0 Å². The van der Waals surface area contributed by atoms with Crippen LogP contribution in [0.2, 0.25) is 0 Å². The number of carbonyl (C=O) groups excluding carboxylic acids is 1. The molecular weight excluding hydrogens is 206 g/mol. The monoisotopic (exact) mass is 229 g/mol. The van der Waals surface area contributed by atoms with Gasteiger partial charge in [-0.25, -0.2) is 0 Å². The smallest absolute Gasteiger partial charge is 0.309 e. The quantitative estimate of drug-likeness (QED) is 0.684. The van der Waals surface area contributed by atoms with Gasteiger partial charge in [0, 0.05) is 19.1 Å². The summed E-state index contributed by atoms with van der Waals surface area (Å²) in [5.74, 6) is -0.240. The molecule has 4 nitrogen and oxygen atoms in total. The summed E-state index contributed by atoms with van der Waals surface area (Å²) >= 11 is 0. The number of methoxy groups -OCH3 is 1. The van der Waals surface area contributed by atoms with E-state index in [-0.39, 0.29) is 23.5 Å². The first kappa shape index (κ1) is 13.5. The van der Waals surface area contributed by atoms with E-state index in [1.54, 1.807) is 0 Å². The van der Waals surface area contributed by atoms with Crippen LogP contribution in [-0.2, 0) is 14.3 Å². The van der Waals surface area contributed by atoms with Gasteiger partial charge in [0.15, 0.2) is 0 Å². The molecule has 0 amide bonds. The number of ether oxygens (including phenoxy) is 2.